The van der Waals surface area contributed by atoms with E-state index in [1.54, 1.807) is 6.07 Å². The highest BCUT2D eigenvalue weighted by atomic mass is 35.5. The molecule has 0 saturated heterocycles. The van der Waals surface area contributed by atoms with Gasteiger partial charge in [0.15, 0.2) is 10.3 Å². The van der Waals surface area contributed by atoms with Gasteiger partial charge in [-0.1, -0.05) is 35.3 Å². The maximum atomic E-state index is 11.1. The van der Waals surface area contributed by atoms with Crippen molar-refractivity contribution in [3.8, 4) is 0 Å². The molecule has 1 aromatic heterocycles. The predicted molar refractivity (Wildman–Crippen MR) is 82.4 cm³/mol. The summed E-state index contributed by atoms with van der Waals surface area (Å²) in [7, 11) is 0. The first-order chi connectivity index (χ1) is 9.52. The van der Waals surface area contributed by atoms with Crippen molar-refractivity contribution in [3.63, 3.8) is 0 Å². The third kappa shape index (κ3) is 4.67. The lowest BCUT2D eigenvalue weighted by atomic mass is 10.2. The SMILES string of the molecule is CC(=O)Sc1nc(Cl)cc(NCc2ccc(Cl)cc2)n1. The summed E-state index contributed by atoms with van der Waals surface area (Å²) in [5, 5.41) is 4.37. The van der Waals surface area contributed by atoms with E-state index in [2.05, 4.69) is 15.3 Å². The standard InChI is InChI=1S/C13H11Cl2N3OS/c1-8(19)20-13-17-11(15)6-12(18-13)16-7-9-2-4-10(14)5-3-9/h2-6H,7H2,1H3,(H,16,17,18). The second-order valence-electron chi connectivity index (χ2n) is 3.93. The van der Waals surface area contributed by atoms with Gasteiger partial charge in [-0.3, -0.25) is 4.79 Å². The molecule has 0 aliphatic rings. The molecular weight excluding hydrogens is 317 g/mol. The lowest BCUT2D eigenvalue weighted by molar-refractivity contribution is -0.109. The van der Waals surface area contributed by atoms with E-state index in [0.717, 1.165) is 17.3 Å². The van der Waals surface area contributed by atoms with Gasteiger partial charge in [-0.15, -0.1) is 0 Å². The average Bonchev–Trinajstić information content (AvgIpc) is 2.36. The number of hydrogen-bond acceptors (Lipinski definition) is 5. The third-order valence-corrected chi connectivity index (χ3v) is 3.39. The zero-order valence-electron chi connectivity index (χ0n) is 10.6. The smallest absolute Gasteiger partial charge is 0.198 e. The Bertz CT molecular complexity index is 620. The zero-order chi connectivity index (χ0) is 14.5. The fourth-order valence-electron chi connectivity index (χ4n) is 1.46. The molecule has 0 bridgehead atoms. The van der Waals surface area contributed by atoms with Crippen molar-refractivity contribution < 1.29 is 4.79 Å². The van der Waals surface area contributed by atoms with E-state index in [4.69, 9.17) is 23.2 Å². The summed E-state index contributed by atoms with van der Waals surface area (Å²) in [4.78, 5) is 19.2. The van der Waals surface area contributed by atoms with Crippen LogP contribution in [0.15, 0.2) is 35.5 Å². The first-order valence-corrected chi connectivity index (χ1v) is 7.31. The van der Waals surface area contributed by atoms with Crippen molar-refractivity contribution in [1.29, 1.82) is 0 Å². The van der Waals surface area contributed by atoms with Gasteiger partial charge in [-0.25, -0.2) is 9.97 Å². The van der Waals surface area contributed by atoms with Crippen molar-refractivity contribution in [2.75, 3.05) is 5.32 Å². The molecule has 104 valence electrons. The van der Waals surface area contributed by atoms with Crippen LogP contribution in [-0.4, -0.2) is 15.1 Å². The molecule has 0 saturated carbocycles. The van der Waals surface area contributed by atoms with Crippen LogP contribution >= 0.6 is 35.0 Å². The summed E-state index contributed by atoms with van der Waals surface area (Å²) in [6.07, 6.45) is 0. The Morgan fingerprint density at radius 1 is 1.25 bits per heavy atom. The zero-order valence-corrected chi connectivity index (χ0v) is 12.9. The molecule has 4 nitrogen and oxygen atoms in total. The van der Waals surface area contributed by atoms with Gasteiger partial charge in [-0.2, -0.15) is 0 Å². The fourth-order valence-corrected chi connectivity index (χ4v) is 2.36. The molecule has 0 spiro atoms. The van der Waals surface area contributed by atoms with E-state index in [1.807, 2.05) is 24.3 Å². The van der Waals surface area contributed by atoms with E-state index in [0.29, 0.717) is 27.7 Å². The lowest BCUT2D eigenvalue weighted by Gasteiger charge is -2.07. The van der Waals surface area contributed by atoms with Gasteiger partial charge in [0.25, 0.3) is 0 Å². The molecule has 1 heterocycles. The Labute approximate surface area is 130 Å². The number of hydrogen-bond donors (Lipinski definition) is 1. The van der Waals surface area contributed by atoms with E-state index in [9.17, 15) is 4.79 Å². The predicted octanol–water partition coefficient (Wildman–Crippen LogP) is 4.03. The molecule has 2 aromatic rings. The molecule has 0 unspecified atom stereocenters. The molecular formula is C13H11Cl2N3OS. The molecule has 20 heavy (non-hydrogen) atoms. The number of halogens is 2. The number of rotatable bonds is 4. The maximum Gasteiger partial charge on any atom is 0.198 e. The van der Waals surface area contributed by atoms with E-state index < -0.39 is 0 Å². The Kier molecular flexibility index (Phi) is 5.23. The van der Waals surface area contributed by atoms with Crippen molar-refractivity contribution in [3.05, 3.63) is 46.1 Å². The number of anilines is 1. The number of benzene rings is 1. The van der Waals surface area contributed by atoms with Crippen molar-refractivity contribution >= 4 is 45.9 Å². The Hall–Kier alpha value is -1.30. The average molecular weight is 328 g/mol. The molecule has 0 aliphatic carbocycles. The second-order valence-corrected chi connectivity index (χ2v) is 5.90. The summed E-state index contributed by atoms with van der Waals surface area (Å²) >= 11 is 12.7. The Balaban J connectivity index is 2.07. The summed E-state index contributed by atoms with van der Waals surface area (Å²) in [5.74, 6) is 0.573. The van der Waals surface area contributed by atoms with E-state index >= 15 is 0 Å². The van der Waals surface area contributed by atoms with Crippen LogP contribution in [0.2, 0.25) is 10.2 Å². The van der Waals surface area contributed by atoms with Gasteiger partial charge in [0, 0.05) is 24.6 Å². The number of aromatic nitrogens is 2. The van der Waals surface area contributed by atoms with Gasteiger partial charge < -0.3 is 5.32 Å². The van der Waals surface area contributed by atoms with Crippen molar-refractivity contribution in [1.82, 2.24) is 9.97 Å². The summed E-state index contributed by atoms with van der Waals surface area (Å²) in [6, 6.07) is 9.10. The summed E-state index contributed by atoms with van der Waals surface area (Å²) in [5.41, 5.74) is 1.06. The van der Waals surface area contributed by atoms with Crippen LogP contribution in [0.25, 0.3) is 0 Å². The molecule has 7 heteroatoms. The molecule has 0 fully saturated rings. The Morgan fingerprint density at radius 2 is 1.95 bits per heavy atom. The highest BCUT2D eigenvalue weighted by Crippen LogP contribution is 2.20. The number of carbonyl (C=O) groups excluding carboxylic acids is 1. The van der Waals surface area contributed by atoms with Gasteiger partial charge in [0.2, 0.25) is 0 Å². The van der Waals surface area contributed by atoms with Gasteiger partial charge in [0.05, 0.1) is 0 Å². The maximum absolute atomic E-state index is 11.1. The lowest BCUT2D eigenvalue weighted by Crippen LogP contribution is -2.03. The Morgan fingerprint density at radius 3 is 2.60 bits per heavy atom. The molecule has 1 N–H and O–H groups in total. The third-order valence-electron chi connectivity index (χ3n) is 2.30. The molecule has 0 aliphatic heterocycles. The normalized spacial score (nSPS) is 10.3. The van der Waals surface area contributed by atoms with Crippen LogP contribution in [0.5, 0.6) is 0 Å². The highest BCUT2D eigenvalue weighted by molar-refractivity contribution is 8.13. The molecule has 1 aromatic carbocycles. The highest BCUT2D eigenvalue weighted by Gasteiger charge is 2.06. The first-order valence-electron chi connectivity index (χ1n) is 5.74. The van der Waals surface area contributed by atoms with E-state index in [1.165, 1.54) is 6.92 Å². The first kappa shape index (κ1) is 15.1. The number of nitrogens with one attached hydrogen (secondary N) is 1. The van der Waals surface area contributed by atoms with Crippen LogP contribution in [0.3, 0.4) is 0 Å². The monoisotopic (exact) mass is 327 g/mol. The van der Waals surface area contributed by atoms with Crippen molar-refractivity contribution in [2.45, 2.75) is 18.6 Å². The molecule has 0 atom stereocenters. The molecule has 0 radical (unpaired) electrons. The fraction of sp³-hybridized carbons (Fsp3) is 0.154. The minimum absolute atomic E-state index is 0.0871. The topological polar surface area (TPSA) is 54.9 Å². The quantitative estimate of drug-likeness (QED) is 0.522. The second kappa shape index (κ2) is 6.92. The van der Waals surface area contributed by atoms with Crippen LogP contribution in [-0.2, 0) is 11.3 Å². The van der Waals surface area contributed by atoms with Crippen LogP contribution in [0, 0.1) is 0 Å². The number of nitrogens with zero attached hydrogens (tertiary/aromatic N) is 2. The number of carbonyl (C=O) groups is 1. The van der Waals surface area contributed by atoms with Gasteiger partial charge in [-0.05, 0) is 29.5 Å². The van der Waals surface area contributed by atoms with Gasteiger partial charge >= 0.3 is 0 Å². The minimum atomic E-state index is -0.0871. The van der Waals surface area contributed by atoms with Crippen LogP contribution < -0.4 is 5.32 Å². The van der Waals surface area contributed by atoms with Crippen molar-refractivity contribution in [2.24, 2.45) is 0 Å². The summed E-state index contributed by atoms with van der Waals surface area (Å²) in [6.45, 7) is 2.03. The molecule has 2 rings (SSSR count). The largest absolute Gasteiger partial charge is 0.366 e. The summed E-state index contributed by atoms with van der Waals surface area (Å²) < 4.78 is 0. The molecule has 0 amide bonds. The van der Waals surface area contributed by atoms with E-state index in [-0.39, 0.29) is 5.12 Å². The minimum Gasteiger partial charge on any atom is -0.366 e. The van der Waals surface area contributed by atoms with Crippen LogP contribution in [0.1, 0.15) is 12.5 Å². The van der Waals surface area contributed by atoms with Gasteiger partial charge in [0.1, 0.15) is 11.0 Å². The van der Waals surface area contributed by atoms with Crippen LogP contribution in [0.4, 0.5) is 5.82 Å². The number of thioether (sulfide) groups is 1.